The molecule has 1 fully saturated rings. The maximum absolute atomic E-state index is 10.2. The van der Waals surface area contributed by atoms with Gasteiger partial charge in [0.25, 0.3) is 0 Å². The third-order valence-electron chi connectivity index (χ3n) is 7.17. The Morgan fingerprint density at radius 1 is 0.947 bits per heavy atom. The summed E-state index contributed by atoms with van der Waals surface area (Å²) >= 11 is 0. The molecule has 0 aliphatic heterocycles. The van der Waals surface area contributed by atoms with Crippen molar-refractivity contribution in [2.24, 2.45) is 0 Å². The number of aromatic nitrogens is 5. The fourth-order valence-electron chi connectivity index (χ4n) is 5.17. The summed E-state index contributed by atoms with van der Waals surface area (Å²) in [4.78, 5) is 11.4. The van der Waals surface area contributed by atoms with E-state index in [1.54, 1.807) is 27.7 Å². The van der Waals surface area contributed by atoms with E-state index in [9.17, 15) is 5.11 Å². The van der Waals surface area contributed by atoms with E-state index in [1.807, 2.05) is 35.9 Å². The lowest BCUT2D eigenvalue weighted by Crippen LogP contribution is -2.25. The lowest BCUT2D eigenvalue weighted by atomic mass is 9.93. The first-order valence-electron chi connectivity index (χ1n) is 12.8. The monoisotopic (exact) mass is 518 g/mol. The first-order valence-corrected chi connectivity index (χ1v) is 12.8. The summed E-state index contributed by atoms with van der Waals surface area (Å²) in [6.45, 7) is 3.05. The second-order valence-corrected chi connectivity index (χ2v) is 9.73. The van der Waals surface area contributed by atoms with Crippen LogP contribution in [0.15, 0.2) is 42.7 Å². The number of nitrogens with zero attached hydrogens (tertiary/aromatic N) is 6. The summed E-state index contributed by atoms with van der Waals surface area (Å²) in [5, 5.41) is 19.2. The SMILES string of the molecule is COc1ccc(CN(Cc2ccc(C)cc2OC)c2ncnc3c2nnn3C2CCCC(O)C2)c(OC)c1. The van der Waals surface area contributed by atoms with Gasteiger partial charge in [-0.2, -0.15) is 0 Å². The van der Waals surface area contributed by atoms with E-state index < -0.39 is 0 Å². The van der Waals surface area contributed by atoms with Gasteiger partial charge in [0.1, 0.15) is 23.6 Å². The molecule has 1 aliphatic carbocycles. The number of benzene rings is 2. The lowest BCUT2D eigenvalue weighted by Gasteiger charge is -2.27. The third kappa shape index (κ3) is 5.22. The highest BCUT2D eigenvalue weighted by atomic mass is 16.5. The molecule has 2 aromatic heterocycles. The van der Waals surface area contributed by atoms with E-state index in [0.29, 0.717) is 36.5 Å². The third-order valence-corrected chi connectivity index (χ3v) is 7.17. The molecule has 0 saturated heterocycles. The van der Waals surface area contributed by atoms with Gasteiger partial charge in [-0.1, -0.05) is 17.3 Å². The zero-order chi connectivity index (χ0) is 26.6. The van der Waals surface area contributed by atoms with Gasteiger partial charge in [-0.05, 0) is 56.4 Å². The summed E-state index contributed by atoms with van der Waals surface area (Å²) in [6.07, 6.45) is 4.57. The van der Waals surface area contributed by atoms with Gasteiger partial charge in [0.15, 0.2) is 17.0 Å². The summed E-state index contributed by atoms with van der Waals surface area (Å²) in [5.41, 5.74) is 4.38. The molecular formula is C28H34N6O4. The van der Waals surface area contributed by atoms with Gasteiger partial charge in [0.05, 0.1) is 33.5 Å². The number of aryl methyl sites for hydroxylation is 1. The van der Waals surface area contributed by atoms with E-state index in [-0.39, 0.29) is 12.1 Å². The number of aliphatic hydroxyl groups excluding tert-OH is 1. The molecule has 38 heavy (non-hydrogen) atoms. The van der Waals surface area contributed by atoms with Gasteiger partial charge in [0, 0.05) is 30.3 Å². The van der Waals surface area contributed by atoms with Crippen molar-refractivity contribution in [2.75, 3.05) is 26.2 Å². The minimum Gasteiger partial charge on any atom is -0.497 e. The van der Waals surface area contributed by atoms with Crippen molar-refractivity contribution >= 4 is 17.0 Å². The van der Waals surface area contributed by atoms with Crippen LogP contribution in [0.3, 0.4) is 0 Å². The molecule has 0 bridgehead atoms. The highest BCUT2D eigenvalue weighted by Gasteiger charge is 2.27. The van der Waals surface area contributed by atoms with Crippen LogP contribution in [0.1, 0.15) is 48.4 Å². The molecule has 2 aromatic carbocycles. The van der Waals surface area contributed by atoms with Crippen molar-refractivity contribution in [3.63, 3.8) is 0 Å². The minimum absolute atomic E-state index is 0.0545. The summed E-state index contributed by atoms with van der Waals surface area (Å²) < 4.78 is 18.7. The Kier molecular flexibility index (Phi) is 7.59. The Bertz CT molecular complexity index is 1410. The Hall–Kier alpha value is -3.92. The van der Waals surface area contributed by atoms with Crippen LogP contribution >= 0.6 is 0 Å². The maximum atomic E-state index is 10.2. The van der Waals surface area contributed by atoms with Crippen LogP contribution in [0.5, 0.6) is 17.2 Å². The molecule has 2 unspecified atom stereocenters. The zero-order valence-electron chi connectivity index (χ0n) is 22.3. The largest absolute Gasteiger partial charge is 0.497 e. The number of ether oxygens (including phenoxy) is 3. The van der Waals surface area contributed by atoms with Crippen LogP contribution in [-0.2, 0) is 13.1 Å². The van der Waals surface area contributed by atoms with E-state index in [1.165, 1.54) is 0 Å². The van der Waals surface area contributed by atoms with E-state index in [4.69, 9.17) is 14.2 Å². The fourth-order valence-corrected chi connectivity index (χ4v) is 5.17. The molecule has 10 heteroatoms. The number of methoxy groups -OCH3 is 3. The van der Waals surface area contributed by atoms with Crippen molar-refractivity contribution in [1.82, 2.24) is 25.0 Å². The van der Waals surface area contributed by atoms with Gasteiger partial charge in [0.2, 0.25) is 0 Å². The molecular weight excluding hydrogens is 484 g/mol. The van der Waals surface area contributed by atoms with E-state index >= 15 is 0 Å². The molecule has 200 valence electrons. The van der Waals surface area contributed by atoms with Crippen LogP contribution < -0.4 is 19.1 Å². The Labute approximate surface area is 222 Å². The smallest absolute Gasteiger partial charge is 0.184 e. The van der Waals surface area contributed by atoms with E-state index in [0.717, 1.165) is 53.2 Å². The Morgan fingerprint density at radius 3 is 2.39 bits per heavy atom. The average Bonchev–Trinajstić information content (AvgIpc) is 3.38. The average molecular weight is 519 g/mol. The van der Waals surface area contributed by atoms with Crippen molar-refractivity contribution in [1.29, 1.82) is 0 Å². The first kappa shape index (κ1) is 25.7. The van der Waals surface area contributed by atoms with Crippen molar-refractivity contribution in [3.8, 4) is 17.2 Å². The number of hydrogen-bond acceptors (Lipinski definition) is 9. The second kappa shape index (κ2) is 11.2. The second-order valence-electron chi connectivity index (χ2n) is 9.73. The fraction of sp³-hybridized carbons (Fsp3) is 0.429. The van der Waals surface area contributed by atoms with Gasteiger partial charge >= 0.3 is 0 Å². The predicted octanol–water partition coefficient (Wildman–Crippen LogP) is 4.24. The molecule has 4 aromatic rings. The van der Waals surface area contributed by atoms with Gasteiger partial charge < -0.3 is 24.2 Å². The molecule has 0 radical (unpaired) electrons. The molecule has 10 nitrogen and oxygen atoms in total. The van der Waals surface area contributed by atoms with Gasteiger partial charge in [-0.3, -0.25) is 0 Å². The Balaban J connectivity index is 1.58. The number of rotatable bonds is 9. The maximum Gasteiger partial charge on any atom is 0.184 e. The lowest BCUT2D eigenvalue weighted by molar-refractivity contribution is 0.101. The number of hydrogen-bond donors (Lipinski definition) is 1. The molecule has 1 aliphatic rings. The number of anilines is 1. The quantitative estimate of drug-likeness (QED) is 0.348. The molecule has 5 rings (SSSR count). The number of aliphatic hydroxyl groups is 1. The van der Waals surface area contributed by atoms with Crippen LogP contribution in [0.4, 0.5) is 5.82 Å². The summed E-state index contributed by atoms with van der Waals surface area (Å²) in [5.74, 6) is 2.91. The standard InChI is InChI=1S/C28H34N6O4/c1-18-8-9-19(24(12-18)37-3)15-33(16-20-10-11-23(36-2)14-25(20)38-4)27-26-28(30-17-29-27)34(32-31-26)21-6-5-7-22(35)13-21/h8-12,14,17,21-22,35H,5-7,13,15-16H2,1-4H3. The normalized spacial score (nSPS) is 17.4. The summed E-state index contributed by atoms with van der Waals surface area (Å²) in [7, 11) is 4.97. The van der Waals surface area contributed by atoms with Crippen molar-refractivity contribution in [2.45, 2.75) is 57.8 Å². The van der Waals surface area contributed by atoms with Crippen molar-refractivity contribution in [3.05, 3.63) is 59.4 Å². The topological polar surface area (TPSA) is 108 Å². The Morgan fingerprint density at radius 2 is 1.68 bits per heavy atom. The molecule has 1 saturated carbocycles. The zero-order valence-corrected chi connectivity index (χ0v) is 22.3. The van der Waals surface area contributed by atoms with Crippen LogP contribution in [0, 0.1) is 6.92 Å². The minimum atomic E-state index is -0.331. The number of fused-ring (bicyclic) bond motifs is 1. The molecule has 0 spiro atoms. The molecule has 2 heterocycles. The van der Waals surface area contributed by atoms with Crippen LogP contribution in [0.2, 0.25) is 0 Å². The highest BCUT2D eigenvalue weighted by Crippen LogP contribution is 2.34. The van der Waals surface area contributed by atoms with E-state index in [2.05, 4.69) is 37.3 Å². The molecule has 2 atom stereocenters. The van der Waals surface area contributed by atoms with Gasteiger partial charge in [-0.25, -0.2) is 14.6 Å². The molecule has 0 amide bonds. The predicted molar refractivity (Wildman–Crippen MR) is 144 cm³/mol. The molecule has 1 N–H and O–H groups in total. The van der Waals surface area contributed by atoms with Crippen LogP contribution in [-0.4, -0.2) is 57.5 Å². The summed E-state index contributed by atoms with van der Waals surface area (Å²) in [6, 6.07) is 12.0. The van der Waals surface area contributed by atoms with Gasteiger partial charge in [-0.15, -0.1) is 5.10 Å². The van der Waals surface area contributed by atoms with Crippen LogP contribution in [0.25, 0.3) is 11.2 Å². The highest BCUT2D eigenvalue weighted by molar-refractivity contribution is 5.82. The van der Waals surface area contributed by atoms with Crippen molar-refractivity contribution < 1.29 is 19.3 Å². The first-order chi connectivity index (χ1) is 18.5.